The molecule has 2 N–H and O–H groups in total. The van der Waals surface area contributed by atoms with Gasteiger partial charge in [-0.3, -0.25) is 0 Å². The lowest BCUT2D eigenvalue weighted by Crippen LogP contribution is -2.45. The molecule has 0 saturated heterocycles. The molecular formula is C24H26Cl2N2O5. The van der Waals surface area contributed by atoms with E-state index in [1.807, 2.05) is 13.8 Å². The minimum atomic E-state index is -0.700. The van der Waals surface area contributed by atoms with Crippen LogP contribution >= 0.6 is 23.2 Å². The van der Waals surface area contributed by atoms with E-state index in [1.165, 1.54) is 0 Å². The molecule has 0 radical (unpaired) electrons. The molecule has 1 heterocycles. The van der Waals surface area contributed by atoms with Crippen molar-refractivity contribution in [2.45, 2.75) is 39.8 Å². The van der Waals surface area contributed by atoms with Crippen molar-refractivity contribution in [2.24, 2.45) is 0 Å². The summed E-state index contributed by atoms with van der Waals surface area (Å²) in [5.74, 6) is 0.455. The highest BCUT2D eigenvalue weighted by Crippen LogP contribution is 2.36. The number of amides is 2. The fourth-order valence-electron chi connectivity index (χ4n) is 3.40. The van der Waals surface area contributed by atoms with E-state index in [0.717, 1.165) is 0 Å². The second-order valence-corrected chi connectivity index (χ2v) is 8.15. The Labute approximate surface area is 203 Å². The zero-order chi connectivity index (χ0) is 24.0. The third kappa shape index (κ3) is 5.92. The predicted octanol–water partition coefficient (Wildman–Crippen LogP) is 5.55. The Morgan fingerprint density at radius 2 is 1.79 bits per heavy atom. The molecule has 3 rings (SSSR count). The van der Waals surface area contributed by atoms with Crippen LogP contribution in [0.2, 0.25) is 10.0 Å². The molecule has 0 aromatic heterocycles. The Kier molecular flexibility index (Phi) is 8.47. The minimum absolute atomic E-state index is 0.148. The molecular weight excluding hydrogens is 467 g/mol. The fraction of sp³-hybridized carbons (Fsp3) is 0.333. The second-order valence-electron chi connectivity index (χ2n) is 7.33. The standard InChI is InChI=1S/C24H26Cl2N2O5/c1-4-11-32-23(29)21-14(3)27-24(30)28-22(21)15-9-10-19(20(12-15)31-5-2)33-13-16-17(25)7-6-8-18(16)26/h6-10,12,22H,4-5,11,13H2,1-3H3,(H2,27,28,30). The largest absolute Gasteiger partial charge is 0.490 e. The number of ether oxygens (including phenoxy) is 3. The predicted molar refractivity (Wildman–Crippen MR) is 127 cm³/mol. The van der Waals surface area contributed by atoms with Gasteiger partial charge in [0.15, 0.2) is 11.5 Å². The molecule has 0 spiro atoms. The van der Waals surface area contributed by atoms with Gasteiger partial charge in [0.2, 0.25) is 0 Å². The fourth-order valence-corrected chi connectivity index (χ4v) is 3.91. The summed E-state index contributed by atoms with van der Waals surface area (Å²) >= 11 is 12.5. The molecule has 1 aliphatic heterocycles. The SMILES string of the molecule is CCCOC(=O)C1=C(C)NC(=O)NC1c1ccc(OCc2c(Cl)cccc2Cl)c(OCC)c1. The van der Waals surface area contributed by atoms with Crippen molar-refractivity contribution >= 4 is 35.2 Å². The molecule has 33 heavy (non-hydrogen) atoms. The van der Waals surface area contributed by atoms with Gasteiger partial charge in [0, 0.05) is 21.3 Å². The van der Waals surface area contributed by atoms with Crippen LogP contribution in [0.5, 0.6) is 11.5 Å². The van der Waals surface area contributed by atoms with Crippen molar-refractivity contribution in [3.63, 3.8) is 0 Å². The van der Waals surface area contributed by atoms with Gasteiger partial charge in [-0.05, 0) is 50.1 Å². The van der Waals surface area contributed by atoms with Crippen molar-refractivity contribution in [3.8, 4) is 11.5 Å². The molecule has 0 aliphatic carbocycles. The topological polar surface area (TPSA) is 85.9 Å². The highest BCUT2D eigenvalue weighted by atomic mass is 35.5. The molecule has 2 amide bonds. The molecule has 1 aliphatic rings. The highest BCUT2D eigenvalue weighted by Gasteiger charge is 2.32. The van der Waals surface area contributed by atoms with Gasteiger partial charge in [0.25, 0.3) is 0 Å². The Hall–Kier alpha value is -2.90. The lowest BCUT2D eigenvalue weighted by molar-refractivity contribution is -0.139. The van der Waals surface area contributed by atoms with E-state index in [1.54, 1.807) is 43.3 Å². The summed E-state index contributed by atoms with van der Waals surface area (Å²) in [6.45, 7) is 6.27. The molecule has 0 fully saturated rings. The van der Waals surface area contributed by atoms with Crippen molar-refractivity contribution in [1.29, 1.82) is 0 Å². The third-order valence-corrected chi connectivity index (χ3v) is 5.67. The second kappa shape index (κ2) is 11.3. The van der Waals surface area contributed by atoms with E-state index < -0.39 is 18.0 Å². The van der Waals surface area contributed by atoms with Gasteiger partial charge in [0.1, 0.15) is 6.61 Å². The lowest BCUT2D eigenvalue weighted by Gasteiger charge is -2.28. The Morgan fingerprint density at radius 3 is 2.45 bits per heavy atom. The summed E-state index contributed by atoms with van der Waals surface area (Å²) in [6.07, 6.45) is 0.693. The van der Waals surface area contributed by atoms with Crippen LogP contribution in [-0.4, -0.2) is 25.2 Å². The first-order valence-electron chi connectivity index (χ1n) is 10.6. The van der Waals surface area contributed by atoms with Crippen molar-refractivity contribution in [1.82, 2.24) is 10.6 Å². The molecule has 1 atom stereocenters. The zero-order valence-electron chi connectivity index (χ0n) is 18.7. The van der Waals surface area contributed by atoms with Crippen LogP contribution in [0, 0.1) is 0 Å². The van der Waals surface area contributed by atoms with E-state index in [4.69, 9.17) is 37.4 Å². The maximum atomic E-state index is 12.7. The summed E-state index contributed by atoms with van der Waals surface area (Å²) in [6, 6.07) is 9.38. The van der Waals surface area contributed by atoms with Crippen LogP contribution in [0.15, 0.2) is 47.7 Å². The summed E-state index contributed by atoms with van der Waals surface area (Å²) < 4.78 is 17.1. The number of rotatable bonds is 9. The number of hydrogen-bond donors (Lipinski definition) is 2. The van der Waals surface area contributed by atoms with E-state index in [-0.39, 0.29) is 13.2 Å². The van der Waals surface area contributed by atoms with Gasteiger partial charge in [-0.15, -0.1) is 0 Å². The molecule has 2 aromatic carbocycles. The maximum absolute atomic E-state index is 12.7. The average Bonchev–Trinajstić information content (AvgIpc) is 2.77. The minimum Gasteiger partial charge on any atom is -0.490 e. The number of allylic oxidation sites excluding steroid dienone is 1. The molecule has 0 bridgehead atoms. The maximum Gasteiger partial charge on any atom is 0.338 e. The molecule has 9 heteroatoms. The zero-order valence-corrected chi connectivity index (χ0v) is 20.2. The van der Waals surface area contributed by atoms with Gasteiger partial charge < -0.3 is 24.8 Å². The van der Waals surface area contributed by atoms with Crippen LogP contribution in [0.25, 0.3) is 0 Å². The van der Waals surface area contributed by atoms with Crippen LogP contribution in [-0.2, 0) is 16.1 Å². The Balaban J connectivity index is 1.91. The number of nitrogens with one attached hydrogen (secondary N) is 2. The molecule has 7 nitrogen and oxygen atoms in total. The van der Waals surface area contributed by atoms with Crippen LogP contribution in [0.1, 0.15) is 44.4 Å². The quantitative estimate of drug-likeness (QED) is 0.448. The van der Waals surface area contributed by atoms with Crippen molar-refractivity contribution in [3.05, 3.63) is 68.8 Å². The number of urea groups is 1. The number of hydrogen-bond acceptors (Lipinski definition) is 5. The first kappa shape index (κ1) is 24.7. The Bertz CT molecular complexity index is 1050. The molecule has 176 valence electrons. The van der Waals surface area contributed by atoms with Gasteiger partial charge in [0.05, 0.1) is 24.8 Å². The monoisotopic (exact) mass is 492 g/mol. The number of benzene rings is 2. The van der Waals surface area contributed by atoms with Gasteiger partial charge >= 0.3 is 12.0 Å². The first-order valence-corrected chi connectivity index (χ1v) is 11.4. The molecule has 1 unspecified atom stereocenters. The molecule has 0 saturated carbocycles. The number of esters is 1. The number of carbonyl (C=O) groups is 2. The van der Waals surface area contributed by atoms with Gasteiger partial charge in [-0.2, -0.15) is 0 Å². The third-order valence-electron chi connectivity index (χ3n) is 4.96. The normalized spacial score (nSPS) is 15.5. The van der Waals surface area contributed by atoms with E-state index in [2.05, 4.69) is 10.6 Å². The Morgan fingerprint density at radius 1 is 1.06 bits per heavy atom. The van der Waals surface area contributed by atoms with Crippen LogP contribution < -0.4 is 20.1 Å². The highest BCUT2D eigenvalue weighted by molar-refractivity contribution is 6.35. The van der Waals surface area contributed by atoms with Gasteiger partial charge in [-0.1, -0.05) is 42.3 Å². The number of carbonyl (C=O) groups excluding carboxylic acids is 2. The number of halogens is 2. The summed E-state index contributed by atoms with van der Waals surface area (Å²) in [4.78, 5) is 24.9. The summed E-state index contributed by atoms with van der Waals surface area (Å²) in [7, 11) is 0. The molecule has 2 aromatic rings. The summed E-state index contributed by atoms with van der Waals surface area (Å²) in [5, 5.41) is 6.44. The lowest BCUT2D eigenvalue weighted by atomic mass is 9.95. The van der Waals surface area contributed by atoms with E-state index >= 15 is 0 Å². The van der Waals surface area contributed by atoms with Crippen LogP contribution in [0.3, 0.4) is 0 Å². The van der Waals surface area contributed by atoms with Crippen LogP contribution in [0.4, 0.5) is 4.79 Å². The van der Waals surface area contributed by atoms with Crippen molar-refractivity contribution in [2.75, 3.05) is 13.2 Å². The van der Waals surface area contributed by atoms with E-state index in [9.17, 15) is 9.59 Å². The first-order chi connectivity index (χ1) is 15.8. The van der Waals surface area contributed by atoms with E-state index in [0.29, 0.717) is 57.0 Å². The average molecular weight is 493 g/mol. The van der Waals surface area contributed by atoms with Crippen molar-refractivity contribution < 1.29 is 23.8 Å². The van der Waals surface area contributed by atoms with Gasteiger partial charge in [-0.25, -0.2) is 9.59 Å². The summed E-state index contributed by atoms with van der Waals surface area (Å²) in [5.41, 5.74) is 2.09. The smallest absolute Gasteiger partial charge is 0.338 e.